The van der Waals surface area contributed by atoms with Gasteiger partial charge in [-0.2, -0.15) is 13.5 Å². The Morgan fingerprint density at radius 1 is 0.895 bits per heavy atom. The molecular formula is C25H17N3NaO8S. The molecule has 1 heterocycles. The molecule has 3 aromatic carbocycles. The maximum atomic E-state index is 11.8. The van der Waals surface area contributed by atoms with Crippen LogP contribution in [0.15, 0.2) is 82.0 Å². The van der Waals surface area contributed by atoms with E-state index in [1.54, 1.807) is 24.3 Å². The fourth-order valence-electron chi connectivity index (χ4n) is 3.45. The number of rotatable bonds is 7. The molecule has 1 radical (unpaired) electrons. The van der Waals surface area contributed by atoms with Crippen molar-refractivity contribution in [3.63, 3.8) is 0 Å². The second-order valence-corrected chi connectivity index (χ2v) is 9.04. The van der Waals surface area contributed by atoms with E-state index in [-0.39, 0.29) is 63.0 Å². The number of phenols is 1. The molecule has 0 bridgehead atoms. The first-order valence-electron chi connectivity index (χ1n) is 10.4. The van der Waals surface area contributed by atoms with Crippen LogP contribution in [0.4, 0.5) is 11.4 Å². The van der Waals surface area contributed by atoms with Gasteiger partial charge in [-0.3, -0.25) is 9.54 Å². The summed E-state index contributed by atoms with van der Waals surface area (Å²) in [4.78, 5) is 26.2. The zero-order valence-corrected chi connectivity index (χ0v) is 22.5. The molecule has 0 aliphatic carbocycles. The molecule has 4 N–H and O–H groups in total. The van der Waals surface area contributed by atoms with Crippen LogP contribution in [0.1, 0.15) is 31.8 Å². The Hall–Kier alpha value is -3.94. The van der Waals surface area contributed by atoms with Gasteiger partial charge in [-0.15, -0.1) is 5.11 Å². The first-order valence-corrected chi connectivity index (χ1v) is 11.9. The van der Waals surface area contributed by atoms with Gasteiger partial charge in [0, 0.05) is 41.1 Å². The summed E-state index contributed by atoms with van der Waals surface area (Å²) in [6.45, 7) is 0. The van der Waals surface area contributed by atoms with Crippen LogP contribution in [-0.4, -0.2) is 74.8 Å². The monoisotopic (exact) mass is 542 g/mol. The van der Waals surface area contributed by atoms with Gasteiger partial charge in [0.25, 0.3) is 10.1 Å². The van der Waals surface area contributed by atoms with Crippen LogP contribution in [0.25, 0.3) is 23.1 Å². The normalized spacial score (nSPS) is 11.6. The van der Waals surface area contributed by atoms with Crippen molar-refractivity contribution in [3.05, 3.63) is 89.1 Å². The number of aromatic nitrogens is 1. The number of benzene rings is 3. The van der Waals surface area contributed by atoms with Gasteiger partial charge in [0.05, 0.1) is 16.8 Å². The van der Waals surface area contributed by atoms with Crippen molar-refractivity contribution in [2.45, 2.75) is 4.90 Å². The van der Waals surface area contributed by atoms with E-state index in [1.807, 2.05) is 0 Å². The number of carbonyl (C=O) groups is 2. The summed E-state index contributed by atoms with van der Waals surface area (Å²) >= 11 is 0. The predicted molar refractivity (Wildman–Crippen MR) is 139 cm³/mol. The molecule has 0 fully saturated rings. The summed E-state index contributed by atoms with van der Waals surface area (Å²) in [6.07, 6.45) is 4.48. The molecule has 0 saturated heterocycles. The number of aromatic hydroxyl groups is 1. The summed E-state index contributed by atoms with van der Waals surface area (Å²) in [5.74, 6) is -2.78. The number of fused-ring (bicyclic) bond motifs is 1. The third-order valence-electron chi connectivity index (χ3n) is 5.24. The van der Waals surface area contributed by atoms with Crippen LogP contribution in [0.5, 0.6) is 5.75 Å². The Bertz CT molecular complexity index is 1720. The molecule has 0 unspecified atom stereocenters. The van der Waals surface area contributed by atoms with Crippen LogP contribution in [-0.2, 0) is 10.1 Å². The first kappa shape index (κ1) is 28.6. The standard InChI is InChI=1S/C25H17N3O8S.Na/c29-23-20(13-21(37(34,35)36)18-2-1-11-26-22(18)23)28-27-17-10-9-15(19(12-17)25(32)33)6-3-14-4-7-16(8-5-14)24(30)31;/h1-13,29H,(H,30,31)(H,32,33)(H,34,35,36);/b6-3+,28-27?;. The summed E-state index contributed by atoms with van der Waals surface area (Å²) in [5, 5.41) is 36.9. The second kappa shape index (κ2) is 11.6. The minimum Gasteiger partial charge on any atom is -0.504 e. The average Bonchev–Trinajstić information content (AvgIpc) is 2.87. The van der Waals surface area contributed by atoms with Crippen LogP contribution >= 0.6 is 0 Å². The van der Waals surface area contributed by atoms with E-state index in [4.69, 9.17) is 5.11 Å². The maximum Gasteiger partial charge on any atom is 0.336 e. The number of carboxylic acids is 2. The molecule has 0 aliphatic heterocycles. The zero-order valence-electron chi connectivity index (χ0n) is 19.7. The van der Waals surface area contributed by atoms with Crippen molar-refractivity contribution >= 4 is 86.0 Å². The number of hydrogen-bond donors (Lipinski definition) is 4. The predicted octanol–water partition coefficient (Wildman–Crippen LogP) is 4.79. The fraction of sp³-hybridized carbons (Fsp3) is 0. The number of hydrogen-bond acceptors (Lipinski definition) is 8. The van der Waals surface area contributed by atoms with Crippen molar-refractivity contribution in [3.8, 4) is 5.75 Å². The molecule has 13 heteroatoms. The molecule has 11 nitrogen and oxygen atoms in total. The smallest absolute Gasteiger partial charge is 0.336 e. The number of aromatic carboxylic acids is 2. The topological polar surface area (TPSA) is 187 Å². The van der Waals surface area contributed by atoms with Gasteiger partial charge >= 0.3 is 11.9 Å². The molecule has 1 aromatic heterocycles. The van der Waals surface area contributed by atoms with Gasteiger partial charge < -0.3 is 15.3 Å². The van der Waals surface area contributed by atoms with E-state index in [1.165, 1.54) is 48.7 Å². The van der Waals surface area contributed by atoms with Gasteiger partial charge in [0.2, 0.25) is 0 Å². The molecule has 0 spiro atoms. The summed E-state index contributed by atoms with van der Waals surface area (Å²) in [7, 11) is -4.68. The molecule has 4 aromatic rings. The first-order chi connectivity index (χ1) is 17.5. The molecule has 38 heavy (non-hydrogen) atoms. The number of nitrogens with zero attached hydrogens (tertiary/aromatic N) is 3. The van der Waals surface area contributed by atoms with Crippen molar-refractivity contribution in [2.24, 2.45) is 10.2 Å². The molecule has 4 rings (SSSR count). The van der Waals surface area contributed by atoms with Crippen LogP contribution in [0.3, 0.4) is 0 Å². The van der Waals surface area contributed by atoms with E-state index >= 15 is 0 Å². The largest absolute Gasteiger partial charge is 0.504 e. The van der Waals surface area contributed by atoms with E-state index in [9.17, 15) is 32.8 Å². The Morgan fingerprint density at radius 3 is 2.24 bits per heavy atom. The summed E-state index contributed by atoms with van der Waals surface area (Å²) in [5.41, 5.74) is 0.668. The van der Waals surface area contributed by atoms with Gasteiger partial charge in [-0.25, -0.2) is 9.59 Å². The third kappa shape index (κ3) is 6.30. The van der Waals surface area contributed by atoms with Gasteiger partial charge in [-0.05, 0) is 53.6 Å². The van der Waals surface area contributed by atoms with E-state index in [2.05, 4.69) is 15.2 Å². The SMILES string of the molecule is O=C(O)c1ccc(/C=C/c2ccc(N=Nc3cc(S(=O)(=O)O)c4cccnc4c3O)cc2C(=O)O)cc1.[Na]. The average molecular weight is 542 g/mol. The Kier molecular flexibility index (Phi) is 8.76. The minimum absolute atomic E-state index is 0. The quantitative estimate of drug-likeness (QED) is 0.110. The van der Waals surface area contributed by atoms with Gasteiger partial charge in [0.1, 0.15) is 16.1 Å². The molecule has 0 amide bonds. The molecule has 0 saturated carbocycles. The van der Waals surface area contributed by atoms with Gasteiger partial charge in [0.15, 0.2) is 5.75 Å². The van der Waals surface area contributed by atoms with Crippen molar-refractivity contribution in [1.29, 1.82) is 0 Å². The number of carboxylic acid groups (broad SMARTS) is 2. The Balaban J connectivity index is 0.00000400. The van der Waals surface area contributed by atoms with Crippen molar-refractivity contribution in [2.75, 3.05) is 0 Å². The minimum atomic E-state index is -4.68. The number of pyridine rings is 1. The molecular weight excluding hydrogens is 525 g/mol. The summed E-state index contributed by atoms with van der Waals surface area (Å²) in [6, 6.07) is 13.9. The maximum absolute atomic E-state index is 11.8. The zero-order chi connectivity index (χ0) is 26.7. The number of azo groups is 1. The molecule has 0 aliphatic rings. The van der Waals surface area contributed by atoms with Crippen LogP contribution in [0.2, 0.25) is 0 Å². The van der Waals surface area contributed by atoms with Crippen molar-refractivity contribution < 1.29 is 37.9 Å². The second-order valence-electron chi connectivity index (χ2n) is 7.65. The van der Waals surface area contributed by atoms with Gasteiger partial charge in [-0.1, -0.05) is 30.4 Å². The van der Waals surface area contributed by atoms with E-state index < -0.39 is 32.7 Å². The molecule has 187 valence electrons. The van der Waals surface area contributed by atoms with Crippen molar-refractivity contribution in [1.82, 2.24) is 4.98 Å². The molecule has 0 atom stereocenters. The summed E-state index contributed by atoms with van der Waals surface area (Å²) < 4.78 is 33.2. The van der Waals surface area contributed by atoms with Crippen LogP contribution < -0.4 is 0 Å². The van der Waals surface area contributed by atoms with E-state index in [0.29, 0.717) is 11.1 Å². The fourth-order valence-corrected chi connectivity index (χ4v) is 4.15. The Labute approximate surface area is 237 Å². The number of phenolic OH excluding ortho intramolecular Hbond substituents is 1. The Morgan fingerprint density at radius 2 is 1.61 bits per heavy atom. The van der Waals surface area contributed by atoms with E-state index in [0.717, 1.165) is 6.07 Å². The third-order valence-corrected chi connectivity index (χ3v) is 6.13. The van der Waals surface area contributed by atoms with Crippen LogP contribution in [0, 0.1) is 0 Å².